The Morgan fingerprint density at radius 2 is 2.30 bits per heavy atom. The lowest BCUT2D eigenvalue weighted by Crippen LogP contribution is -2.44. The van der Waals surface area contributed by atoms with Crippen molar-refractivity contribution >= 4 is 23.3 Å². The fourth-order valence-electron chi connectivity index (χ4n) is 2.32. The monoisotopic (exact) mass is 299 g/mol. The lowest BCUT2D eigenvalue weighted by Gasteiger charge is -2.32. The van der Waals surface area contributed by atoms with Gasteiger partial charge in [0.15, 0.2) is 5.82 Å². The Balaban J connectivity index is 2.19. The molecule has 5 nitrogen and oxygen atoms in total. The first kappa shape index (κ1) is 14.6. The molecular weight excluding hydrogens is 285 g/mol. The predicted octanol–water partition coefficient (Wildman–Crippen LogP) is 2.08. The summed E-state index contributed by atoms with van der Waals surface area (Å²) in [6, 6.07) is 4.32. The van der Waals surface area contributed by atoms with Gasteiger partial charge in [0, 0.05) is 19.0 Å². The van der Waals surface area contributed by atoms with Crippen LogP contribution in [0.15, 0.2) is 23.4 Å². The number of benzene rings is 1. The lowest BCUT2D eigenvalue weighted by atomic mass is 9.96. The first-order valence-corrected chi connectivity index (χ1v) is 6.63. The summed E-state index contributed by atoms with van der Waals surface area (Å²) in [7, 11) is 0. The highest BCUT2D eigenvalue weighted by atomic mass is 35.5. The van der Waals surface area contributed by atoms with Crippen LogP contribution in [0.25, 0.3) is 0 Å². The zero-order valence-electron chi connectivity index (χ0n) is 10.7. The van der Waals surface area contributed by atoms with Crippen LogP contribution in [0, 0.1) is 11.7 Å². The van der Waals surface area contributed by atoms with Crippen molar-refractivity contribution in [1.82, 2.24) is 4.90 Å². The second-order valence-corrected chi connectivity index (χ2v) is 5.12. The maximum Gasteiger partial charge on any atom is 0.256 e. The van der Waals surface area contributed by atoms with E-state index in [1.807, 2.05) is 0 Å². The van der Waals surface area contributed by atoms with Gasteiger partial charge in [-0.15, -0.1) is 0 Å². The lowest BCUT2D eigenvalue weighted by molar-refractivity contribution is 0.0696. The Morgan fingerprint density at radius 3 is 3.00 bits per heavy atom. The van der Waals surface area contributed by atoms with Crippen LogP contribution in [0.1, 0.15) is 23.2 Å². The minimum atomic E-state index is -0.718. The summed E-state index contributed by atoms with van der Waals surface area (Å²) in [5.74, 6) is -1.26. The van der Waals surface area contributed by atoms with Gasteiger partial charge in [-0.3, -0.25) is 4.79 Å². The Morgan fingerprint density at radius 1 is 1.55 bits per heavy atom. The SMILES string of the molecule is N/C(=N/O)C1CCCN(C(=O)c2cccc(Cl)c2F)C1. The summed E-state index contributed by atoms with van der Waals surface area (Å²) in [4.78, 5) is 13.8. The average molecular weight is 300 g/mol. The highest BCUT2D eigenvalue weighted by Gasteiger charge is 2.28. The first-order chi connectivity index (χ1) is 9.54. The molecule has 1 aromatic rings. The van der Waals surface area contributed by atoms with E-state index in [0.717, 1.165) is 12.8 Å². The molecule has 0 aromatic heterocycles. The summed E-state index contributed by atoms with van der Waals surface area (Å²) in [6.07, 6.45) is 1.45. The van der Waals surface area contributed by atoms with Gasteiger partial charge in [-0.05, 0) is 25.0 Å². The largest absolute Gasteiger partial charge is 0.409 e. The van der Waals surface area contributed by atoms with Gasteiger partial charge in [-0.2, -0.15) is 0 Å². The van der Waals surface area contributed by atoms with E-state index < -0.39 is 11.7 Å². The molecule has 0 radical (unpaired) electrons. The van der Waals surface area contributed by atoms with E-state index in [-0.39, 0.29) is 22.3 Å². The van der Waals surface area contributed by atoms with Crippen LogP contribution >= 0.6 is 11.6 Å². The Bertz CT molecular complexity index is 550. The molecule has 0 bridgehead atoms. The normalized spacial score (nSPS) is 20.0. The van der Waals surface area contributed by atoms with Crippen LogP contribution in [0.2, 0.25) is 5.02 Å². The minimum Gasteiger partial charge on any atom is -0.409 e. The van der Waals surface area contributed by atoms with Crippen LogP contribution in [0.5, 0.6) is 0 Å². The first-order valence-electron chi connectivity index (χ1n) is 6.25. The molecule has 0 spiro atoms. The molecule has 1 fully saturated rings. The predicted molar refractivity (Wildman–Crippen MR) is 73.4 cm³/mol. The second kappa shape index (κ2) is 6.09. The molecule has 0 saturated carbocycles. The number of likely N-dealkylation sites (tertiary alicyclic amines) is 1. The molecule has 1 aliphatic rings. The van der Waals surface area contributed by atoms with Gasteiger partial charge in [0.2, 0.25) is 0 Å². The Kier molecular flexibility index (Phi) is 4.44. The third kappa shape index (κ3) is 2.85. The van der Waals surface area contributed by atoms with E-state index in [9.17, 15) is 9.18 Å². The summed E-state index contributed by atoms with van der Waals surface area (Å²) >= 11 is 5.68. The van der Waals surface area contributed by atoms with Crippen molar-refractivity contribution in [3.63, 3.8) is 0 Å². The number of hydrogen-bond donors (Lipinski definition) is 2. The Labute approximate surface area is 120 Å². The standard InChI is InChI=1S/C13H15ClFN3O2/c14-10-5-1-4-9(11(10)15)13(19)18-6-2-3-8(7-18)12(16)17-20/h1,4-5,8,20H,2-3,6-7H2,(H2,16,17). The second-order valence-electron chi connectivity index (χ2n) is 4.72. The third-order valence-corrected chi connectivity index (χ3v) is 3.72. The van der Waals surface area contributed by atoms with Gasteiger partial charge >= 0.3 is 0 Å². The highest BCUT2D eigenvalue weighted by Crippen LogP contribution is 2.23. The van der Waals surface area contributed by atoms with Crippen LogP contribution in [-0.4, -0.2) is 34.9 Å². The number of nitrogens with zero attached hydrogens (tertiary/aromatic N) is 2. The van der Waals surface area contributed by atoms with E-state index in [1.165, 1.54) is 23.1 Å². The van der Waals surface area contributed by atoms with Gasteiger partial charge in [0.05, 0.1) is 10.6 Å². The number of carbonyl (C=O) groups excluding carboxylic acids is 1. The number of carbonyl (C=O) groups is 1. The zero-order valence-corrected chi connectivity index (χ0v) is 11.5. The molecule has 20 heavy (non-hydrogen) atoms. The number of halogens is 2. The smallest absolute Gasteiger partial charge is 0.256 e. The van der Waals surface area contributed by atoms with Gasteiger partial charge < -0.3 is 15.8 Å². The summed E-state index contributed by atoms with van der Waals surface area (Å²) in [6.45, 7) is 0.820. The molecule has 1 amide bonds. The van der Waals surface area contributed by atoms with Gasteiger partial charge in [-0.25, -0.2) is 4.39 Å². The maximum absolute atomic E-state index is 13.9. The molecular formula is C13H15ClFN3O2. The van der Waals surface area contributed by atoms with E-state index in [4.69, 9.17) is 22.5 Å². The number of oxime groups is 1. The summed E-state index contributed by atoms with van der Waals surface area (Å²) in [5.41, 5.74) is 5.51. The van der Waals surface area contributed by atoms with Crippen LogP contribution in [-0.2, 0) is 0 Å². The van der Waals surface area contributed by atoms with Crippen molar-refractivity contribution in [2.45, 2.75) is 12.8 Å². The quantitative estimate of drug-likeness (QED) is 0.380. The molecule has 1 aliphatic heterocycles. The Hall–Kier alpha value is -1.82. The molecule has 1 unspecified atom stereocenters. The molecule has 108 valence electrons. The molecule has 1 atom stereocenters. The van der Waals surface area contributed by atoms with Gasteiger partial charge in [-0.1, -0.05) is 22.8 Å². The highest BCUT2D eigenvalue weighted by molar-refractivity contribution is 6.31. The van der Waals surface area contributed by atoms with E-state index in [2.05, 4.69) is 5.16 Å². The van der Waals surface area contributed by atoms with E-state index in [0.29, 0.717) is 13.1 Å². The van der Waals surface area contributed by atoms with Crippen molar-refractivity contribution in [2.75, 3.05) is 13.1 Å². The molecule has 0 aliphatic carbocycles. The van der Waals surface area contributed by atoms with Crippen LogP contribution < -0.4 is 5.73 Å². The van der Waals surface area contributed by atoms with Crippen molar-refractivity contribution in [1.29, 1.82) is 0 Å². The van der Waals surface area contributed by atoms with Crippen LogP contribution in [0.4, 0.5) is 4.39 Å². The number of amides is 1. The fraction of sp³-hybridized carbons (Fsp3) is 0.385. The van der Waals surface area contributed by atoms with Crippen LogP contribution in [0.3, 0.4) is 0 Å². The maximum atomic E-state index is 13.9. The third-order valence-electron chi connectivity index (χ3n) is 3.42. The molecule has 3 N–H and O–H groups in total. The van der Waals surface area contributed by atoms with Crippen molar-refractivity contribution in [2.24, 2.45) is 16.8 Å². The van der Waals surface area contributed by atoms with E-state index >= 15 is 0 Å². The fourth-order valence-corrected chi connectivity index (χ4v) is 2.50. The topological polar surface area (TPSA) is 78.9 Å². The van der Waals surface area contributed by atoms with Gasteiger partial charge in [0.25, 0.3) is 5.91 Å². The number of piperidine rings is 1. The molecule has 1 heterocycles. The number of hydrogen-bond acceptors (Lipinski definition) is 3. The number of nitrogens with two attached hydrogens (primary N) is 1. The molecule has 1 aromatic carbocycles. The van der Waals surface area contributed by atoms with Crippen molar-refractivity contribution < 1.29 is 14.4 Å². The van der Waals surface area contributed by atoms with E-state index in [1.54, 1.807) is 0 Å². The molecule has 2 rings (SSSR count). The number of rotatable bonds is 2. The van der Waals surface area contributed by atoms with Crippen molar-refractivity contribution in [3.05, 3.63) is 34.6 Å². The average Bonchev–Trinajstić information content (AvgIpc) is 2.48. The minimum absolute atomic E-state index is 0.0577. The zero-order chi connectivity index (χ0) is 14.7. The molecule has 7 heteroatoms. The summed E-state index contributed by atoms with van der Waals surface area (Å²) in [5, 5.41) is 11.6. The molecule has 1 saturated heterocycles. The van der Waals surface area contributed by atoms with Crippen molar-refractivity contribution in [3.8, 4) is 0 Å². The number of amidine groups is 1. The summed E-state index contributed by atoms with van der Waals surface area (Å²) < 4.78 is 13.9. The van der Waals surface area contributed by atoms with Gasteiger partial charge in [0.1, 0.15) is 5.84 Å².